The molecule has 1 N–H and O–H groups in total. The summed E-state index contributed by atoms with van der Waals surface area (Å²) in [5, 5.41) is 7.49. The highest BCUT2D eigenvalue weighted by atomic mass is 19.1. The van der Waals surface area contributed by atoms with Crippen molar-refractivity contribution in [2.45, 2.75) is 6.54 Å². The largest absolute Gasteiger partial charge is 0.484 e. The predicted octanol–water partition coefficient (Wildman–Crippen LogP) is 5.32. The topological polar surface area (TPSA) is 89.6 Å². The zero-order valence-electron chi connectivity index (χ0n) is 20.9. The second kappa shape index (κ2) is 11.9. The van der Waals surface area contributed by atoms with Crippen LogP contribution in [0.25, 0.3) is 16.9 Å². The first-order valence-electron chi connectivity index (χ1n) is 12.2. The van der Waals surface area contributed by atoms with Gasteiger partial charge >= 0.3 is 0 Å². The lowest BCUT2D eigenvalue weighted by Gasteiger charge is -2.21. The van der Waals surface area contributed by atoms with Crippen molar-refractivity contribution in [3.63, 3.8) is 0 Å². The van der Waals surface area contributed by atoms with Gasteiger partial charge in [-0.1, -0.05) is 48.5 Å². The molecule has 0 spiro atoms. The van der Waals surface area contributed by atoms with Crippen LogP contribution in [0.5, 0.6) is 5.75 Å². The molecule has 0 aliphatic carbocycles. The maximum Gasteiger partial charge on any atom is 0.261 e. The van der Waals surface area contributed by atoms with Crippen LogP contribution in [0.1, 0.15) is 5.76 Å². The van der Waals surface area contributed by atoms with Gasteiger partial charge in [0.2, 0.25) is 5.91 Å². The van der Waals surface area contributed by atoms with Gasteiger partial charge < -0.3 is 19.4 Å². The number of hydrogen-bond donors (Lipinski definition) is 1. The Hall–Kier alpha value is -5.18. The lowest BCUT2D eigenvalue weighted by Crippen LogP contribution is -2.40. The van der Waals surface area contributed by atoms with E-state index in [0.29, 0.717) is 28.7 Å². The Morgan fingerprint density at radius 1 is 0.923 bits per heavy atom. The summed E-state index contributed by atoms with van der Waals surface area (Å²) in [6.07, 6.45) is 1.50. The van der Waals surface area contributed by atoms with Crippen LogP contribution in [0.15, 0.2) is 114 Å². The number of nitrogens with zero attached hydrogens (tertiary/aromatic N) is 3. The van der Waals surface area contributed by atoms with Gasteiger partial charge in [-0.2, -0.15) is 5.10 Å². The maximum absolute atomic E-state index is 13.6. The number of furan rings is 1. The van der Waals surface area contributed by atoms with E-state index in [0.717, 1.165) is 5.56 Å². The summed E-state index contributed by atoms with van der Waals surface area (Å²) in [5.74, 6) is 0.226. The van der Waals surface area contributed by atoms with Gasteiger partial charge in [0.1, 0.15) is 29.7 Å². The first-order valence-corrected chi connectivity index (χ1v) is 12.2. The zero-order valence-corrected chi connectivity index (χ0v) is 20.9. The van der Waals surface area contributed by atoms with Crippen LogP contribution in [0.3, 0.4) is 0 Å². The van der Waals surface area contributed by atoms with Crippen molar-refractivity contribution in [3.8, 4) is 22.7 Å². The van der Waals surface area contributed by atoms with Crippen molar-refractivity contribution in [1.82, 2.24) is 14.7 Å². The lowest BCUT2D eigenvalue weighted by molar-refractivity contribution is -0.137. The fraction of sp³-hybridized carbons (Fsp3) is 0.100. The third-order valence-corrected chi connectivity index (χ3v) is 5.84. The number of benzene rings is 3. The molecule has 0 bridgehead atoms. The van der Waals surface area contributed by atoms with Crippen molar-refractivity contribution >= 4 is 17.6 Å². The molecule has 0 unspecified atom stereocenters. The van der Waals surface area contributed by atoms with E-state index in [1.54, 1.807) is 42.5 Å². The normalized spacial score (nSPS) is 10.7. The molecule has 196 valence electrons. The molecule has 2 amide bonds. The number of anilines is 1. The van der Waals surface area contributed by atoms with Crippen LogP contribution in [-0.2, 0) is 16.1 Å². The molecule has 0 radical (unpaired) electrons. The van der Waals surface area contributed by atoms with Crippen molar-refractivity contribution in [1.29, 1.82) is 0 Å². The van der Waals surface area contributed by atoms with Gasteiger partial charge in [0.25, 0.3) is 5.91 Å². The number of carbonyl (C=O) groups excluding carboxylic acids is 2. The Morgan fingerprint density at radius 2 is 1.64 bits per heavy atom. The minimum Gasteiger partial charge on any atom is -0.484 e. The van der Waals surface area contributed by atoms with Crippen LogP contribution >= 0.6 is 0 Å². The van der Waals surface area contributed by atoms with Gasteiger partial charge in [-0.05, 0) is 48.5 Å². The minimum absolute atomic E-state index is 0.0872. The zero-order chi connectivity index (χ0) is 27.0. The average molecular weight is 525 g/mol. The Kier molecular flexibility index (Phi) is 7.78. The fourth-order valence-electron chi connectivity index (χ4n) is 3.93. The second-order valence-corrected chi connectivity index (χ2v) is 8.65. The van der Waals surface area contributed by atoms with Gasteiger partial charge in [-0.3, -0.25) is 9.59 Å². The molecule has 0 aliphatic rings. The summed E-state index contributed by atoms with van der Waals surface area (Å²) in [6, 6.07) is 29.4. The van der Waals surface area contributed by atoms with Crippen molar-refractivity contribution in [2.24, 2.45) is 0 Å². The average Bonchev–Trinajstić information content (AvgIpc) is 3.63. The van der Waals surface area contributed by atoms with Gasteiger partial charge in [0.05, 0.1) is 24.2 Å². The Bertz CT molecular complexity index is 1520. The van der Waals surface area contributed by atoms with E-state index in [2.05, 4.69) is 10.4 Å². The fourth-order valence-corrected chi connectivity index (χ4v) is 3.93. The standard InChI is InChI=1S/C30H25FN4O4/c31-23-13-15-24(16-14-23)35-28(18-27(33-35)22-8-3-1-4-9-22)32-29(36)20-34(19-26-12-7-17-38-26)30(37)21-39-25-10-5-2-6-11-25/h1-18H,19-21H2,(H,32,36). The molecule has 2 heterocycles. The van der Waals surface area contributed by atoms with E-state index < -0.39 is 5.91 Å². The highest BCUT2D eigenvalue weighted by Gasteiger charge is 2.21. The van der Waals surface area contributed by atoms with E-state index in [1.807, 2.05) is 48.5 Å². The molecule has 3 aromatic carbocycles. The van der Waals surface area contributed by atoms with Crippen LogP contribution in [0.2, 0.25) is 0 Å². The highest BCUT2D eigenvalue weighted by molar-refractivity contribution is 5.94. The van der Waals surface area contributed by atoms with Crippen molar-refractivity contribution in [2.75, 3.05) is 18.5 Å². The third-order valence-electron chi connectivity index (χ3n) is 5.84. The highest BCUT2D eigenvalue weighted by Crippen LogP contribution is 2.25. The number of ether oxygens (including phenoxy) is 1. The molecule has 5 rings (SSSR count). The van der Waals surface area contributed by atoms with E-state index in [4.69, 9.17) is 9.15 Å². The van der Waals surface area contributed by atoms with E-state index in [9.17, 15) is 14.0 Å². The molecule has 0 saturated carbocycles. The molecule has 0 atom stereocenters. The maximum atomic E-state index is 13.6. The summed E-state index contributed by atoms with van der Waals surface area (Å²) in [4.78, 5) is 27.7. The van der Waals surface area contributed by atoms with Crippen molar-refractivity contribution < 1.29 is 23.1 Å². The van der Waals surface area contributed by atoms with Crippen LogP contribution in [-0.4, -0.2) is 39.6 Å². The number of halogens is 1. The van der Waals surface area contributed by atoms with Crippen LogP contribution in [0.4, 0.5) is 10.2 Å². The number of para-hydroxylation sites is 1. The van der Waals surface area contributed by atoms with Crippen LogP contribution in [0, 0.1) is 5.82 Å². The molecule has 0 aliphatic heterocycles. The SMILES string of the molecule is O=C(CN(Cc1ccco1)C(=O)COc1ccccc1)Nc1cc(-c2ccccc2)nn1-c1ccc(F)cc1. The van der Waals surface area contributed by atoms with E-state index >= 15 is 0 Å². The van der Waals surface area contributed by atoms with Gasteiger partial charge in [0, 0.05) is 11.6 Å². The van der Waals surface area contributed by atoms with Gasteiger partial charge in [-0.15, -0.1) is 0 Å². The molecular weight excluding hydrogens is 499 g/mol. The summed E-state index contributed by atoms with van der Waals surface area (Å²) >= 11 is 0. The molecule has 8 nitrogen and oxygen atoms in total. The quantitative estimate of drug-likeness (QED) is 0.267. The first-order chi connectivity index (χ1) is 19.0. The summed E-state index contributed by atoms with van der Waals surface area (Å²) in [5.41, 5.74) is 2.03. The second-order valence-electron chi connectivity index (χ2n) is 8.65. The van der Waals surface area contributed by atoms with Gasteiger partial charge in [-0.25, -0.2) is 9.07 Å². The number of aromatic nitrogens is 2. The summed E-state index contributed by atoms with van der Waals surface area (Å²) in [7, 11) is 0. The van der Waals surface area contributed by atoms with Crippen LogP contribution < -0.4 is 10.1 Å². The first kappa shape index (κ1) is 25.5. The smallest absolute Gasteiger partial charge is 0.261 e. The molecule has 0 saturated heterocycles. The number of amides is 2. The molecule has 0 fully saturated rings. The molecular formula is C30H25FN4O4. The summed E-state index contributed by atoms with van der Waals surface area (Å²) < 4.78 is 26.1. The molecule has 39 heavy (non-hydrogen) atoms. The number of nitrogens with one attached hydrogen (secondary N) is 1. The Balaban J connectivity index is 1.36. The Morgan fingerprint density at radius 3 is 2.33 bits per heavy atom. The number of carbonyl (C=O) groups is 2. The molecule has 9 heteroatoms. The van der Waals surface area contributed by atoms with E-state index in [1.165, 1.54) is 28.0 Å². The predicted molar refractivity (Wildman–Crippen MR) is 144 cm³/mol. The number of hydrogen-bond acceptors (Lipinski definition) is 5. The number of rotatable bonds is 10. The third kappa shape index (κ3) is 6.58. The minimum atomic E-state index is -0.447. The van der Waals surface area contributed by atoms with Crippen molar-refractivity contribution in [3.05, 3.63) is 121 Å². The van der Waals surface area contributed by atoms with E-state index in [-0.39, 0.29) is 31.4 Å². The lowest BCUT2D eigenvalue weighted by atomic mass is 10.1. The Labute approximate surface area is 224 Å². The summed E-state index contributed by atoms with van der Waals surface area (Å²) in [6.45, 7) is -0.416. The molecule has 2 aromatic heterocycles. The molecule has 5 aromatic rings. The van der Waals surface area contributed by atoms with Gasteiger partial charge in [0.15, 0.2) is 6.61 Å². The monoisotopic (exact) mass is 524 g/mol.